The van der Waals surface area contributed by atoms with Crippen molar-refractivity contribution in [3.05, 3.63) is 70.8 Å². The van der Waals surface area contributed by atoms with Gasteiger partial charge in [-0.05, 0) is 74.9 Å². The summed E-state index contributed by atoms with van der Waals surface area (Å²) in [5.41, 5.74) is -4.29. The molecule has 1 saturated carbocycles. The summed E-state index contributed by atoms with van der Waals surface area (Å²) in [4.78, 5) is 2.01. The Kier molecular flexibility index (Phi) is 9.10. The van der Waals surface area contributed by atoms with E-state index in [9.17, 15) is 31.6 Å². The number of hydrogen-bond acceptors (Lipinski definition) is 2. The van der Waals surface area contributed by atoms with E-state index < -0.39 is 40.4 Å². The van der Waals surface area contributed by atoms with E-state index in [0.717, 1.165) is 24.5 Å². The van der Waals surface area contributed by atoms with Crippen molar-refractivity contribution in [2.24, 2.45) is 5.92 Å². The number of alkyl halides is 6. The first-order valence-corrected chi connectivity index (χ1v) is 12.4. The Balaban J connectivity index is 1.94. The average Bonchev–Trinajstić information content (AvgIpc) is 2.85. The normalized spacial score (nSPS) is 17.1. The average molecular weight is 511 g/mol. The van der Waals surface area contributed by atoms with Crippen LogP contribution in [0.5, 0.6) is 0 Å². The highest BCUT2D eigenvalue weighted by Crippen LogP contribution is 2.51. The number of nitrogens with zero attached hydrogens (tertiary/aromatic N) is 2. The standard InChI is InChI=1S/C28H32F6N2/c1-36(19-16-21-10-4-2-5-11-21)18-9-17-26(20-35,22-12-6-3-7-13-22)25-23(27(29,30)31)14-8-15-24(25)28(32,33)34/h2,4-5,8,10-11,14-15,22H,3,6-7,9,12-13,16-19H2,1H3. The first-order chi connectivity index (χ1) is 17.0. The summed E-state index contributed by atoms with van der Waals surface area (Å²) in [6.45, 7) is 1.17. The third kappa shape index (κ3) is 6.61. The number of nitriles is 1. The maximum absolute atomic E-state index is 14.1. The van der Waals surface area contributed by atoms with Crippen LogP contribution >= 0.6 is 0 Å². The Hall–Kier alpha value is -2.53. The molecular weight excluding hydrogens is 478 g/mol. The molecule has 2 aromatic rings. The van der Waals surface area contributed by atoms with Gasteiger partial charge in [0.2, 0.25) is 0 Å². The van der Waals surface area contributed by atoms with Crippen LogP contribution in [0.15, 0.2) is 48.5 Å². The first-order valence-electron chi connectivity index (χ1n) is 12.4. The fourth-order valence-corrected chi connectivity index (χ4v) is 5.54. The number of likely N-dealkylation sites (N-methyl/N-ethyl adjacent to an activating group) is 1. The van der Waals surface area contributed by atoms with Gasteiger partial charge < -0.3 is 4.90 Å². The van der Waals surface area contributed by atoms with Crippen LogP contribution in [0.1, 0.15) is 67.2 Å². The minimum Gasteiger partial charge on any atom is -0.306 e. The molecule has 1 unspecified atom stereocenters. The number of benzene rings is 2. The molecule has 1 aliphatic rings. The molecule has 2 aromatic carbocycles. The highest BCUT2D eigenvalue weighted by Gasteiger charge is 2.51. The van der Waals surface area contributed by atoms with Crippen molar-refractivity contribution in [1.82, 2.24) is 4.90 Å². The van der Waals surface area contributed by atoms with Crippen molar-refractivity contribution < 1.29 is 26.3 Å². The summed E-state index contributed by atoms with van der Waals surface area (Å²) in [7, 11) is 1.88. The van der Waals surface area contributed by atoms with Gasteiger partial charge in [-0.15, -0.1) is 0 Å². The minimum absolute atomic E-state index is 0.0555. The minimum atomic E-state index is -5.00. The third-order valence-corrected chi connectivity index (χ3v) is 7.36. The van der Waals surface area contributed by atoms with Gasteiger partial charge in [0.05, 0.1) is 22.6 Å². The summed E-state index contributed by atoms with van der Waals surface area (Å²) < 4.78 is 84.5. The van der Waals surface area contributed by atoms with Gasteiger partial charge >= 0.3 is 12.4 Å². The maximum Gasteiger partial charge on any atom is 0.416 e. The molecule has 1 atom stereocenters. The van der Waals surface area contributed by atoms with Crippen LogP contribution in [-0.4, -0.2) is 25.0 Å². The molecule has 1 fully saturated rings. The van der Waals surface area contributed by atoms with Crippen LogP contribution in [0.25, 0.3) is 0 Å². The second-order valence-electron chi connectivity index (χ2n) is 9.78. The van der Waals surface area contributed by atoms with Crippen molar-refractivity contribution in [3.8, 4) is 6.07 Å². The van der Waals surface area contributed by atoms with E-state index in [4.69, 9.17) is 0 Å². The lowest BCUT2D eigenvalue weighted by Gasteiger charge is -2.41. The zero-order valence-corrected chi connectivity index (χ0v) is 20.4. The molecule has 1 aliphatic carbocycles. The van der Waals surface area contributed by atoms with Crippen LogP contribution in [0.2, 0.25) is 0 Å². The maximum atomic E-state index is 14.1. The van der Waals surface area contributed by atoms with Crippen LogP contribution < -0.4 is 0 Å². The van der Waals surface area contributed by atoms with Gasteiger partial charge in [-0.25, -0.2) is 0 Å². The molecule has 0 heterocycles. The van der Waals surface area contributed by atoms with E-state index in [1.807, 2.05) is 48.3 Å². The Bertz CT molecular complexity index is 987. The van der Waals surface area contributed by atoms with Crippen LogP contribution in [-0.2, 0) is 24.2 Å². The van der Waals surface area contributed by atoms with Crippen molar-refractivity contribution in [3.63, 3.8) is 0 Å². The topological polar surface area (TPSA) is 27.0 Å². The molecule has 196 valence electrons. The largest absolute Gasteiger partial charge is 0.416 e. The summed E-state index contributed by atoms with van der Waals surface area (Å²) in [6, 6.07) is 14.0. The second-order valence-corrected chi connectivity index (χ2v) is 9.78. The van der Waals surface area contributed by atoms with Gasteiger partial charge in [0.25, 0.3) is 0 Å². The molecule has 0 amide bonds. The van der Waals surface area contributed by atoms with Crippen LogP contribution in [0.3, 0.4) is 0 Å². The molecule has 2 nitrogen and oxygen atoms in total. The zero-order valence-electron chi connectivity index (χ0n) is 20.4. The van der Waals surface area contributed by atoms with E-state index >= 15 is 0 Å². The Morgan fingerprint density at radius 1 is 0.833 bits per heavy atom. The number of rotatable bonds is 9. The fourth-order valence-electron chi connectivity index (χ4n) is 5.54. The van der Waals surface area contributed by atoms with Crippen LogP contribution in [0, 0.1) is 17.2 Å². The number of halogens is 6. The number of hydrogen-bond donors (Lipinski definition) is 0. The molecule has 0 spiro atoms. The zero-order chi connectivity index (χ0) is 26.4. The fraction of sp³-hybridized carbons (Fsp3) is 0.536. The first kappa shape index (κ1) is 28.0. The SMILES string of the molecule is CN(CCCC(C#N)(c1c(C(F)(F)F)cccc1C(F)(F)F)C1CCCCC1)CCc1ccccc1. The smallest absolute Gasteiger partial charge is 0.306 e. The molecule has 8 heteroatoms. The van der Waals surface area contributed by atoms with Gasteiger partial charge in [0, 0.05) is 6.54 Å². The van der Waals surface area contributed by atoms with Crippen molar-refractivity contribution in [2.75, 3.05) is 20.1 Å². The van der Waals surface area contributed by atoms with Gasteiger partial charge in [-0.1, -0.05) is 55.7 Å². The molecule has 0 saturated heterocycles. The molecule has 3 rings (SSSR count). The Morgan fingerprint density at radius 2 is 1.42 bits per heavy atom. The molecule has 0 aromatic heterocycles. The Morgan fingerprint density at radius 3 is 1.94 bits per heavy atom. The lowest BCUT2D eigenvalue weighted by Crippen LogP contribution is -2.40. The van der Waals surface area contributed by atoms with E-state index in [1.165, 1.54) is 0 Å². The van der Waals surface area contributed by atoms with E-state index in [0.29, 0.717) is 57.3 Å². The second kappa shape index (κ2) is 11.7. The lowest BCUT2D eigenvalue weighted by molar-refractivity contribution is -0.145. The van der Waals surface area contributed by atoms with Crippen molar-refractivity contribution >= 4 is 0 Å². The van der Waals surface area contributed by atoms with Crippen molar-refractivity contribution in [2.45, 2.75) is 69.1 Å². The monoisotopic (exact) mass is 510 g/mol. The van der Waals surface area contributed by atoms with E-state index in [2.05, 4.69) is 0 Å². The van der Waals surface area contributed by atoms with E-state index in [1.54, 1.807) is 0 Å². The van der Waals surface area contributed by atoms with Gasteiger partial charge in [0.1, 0.15) is 0 Å². The predicted octanol–water partition coefficient (Wildman–Crippen LogP) is 8.02. The van der Waals surface area contributed by atoms with Gasteiger partial charge in [-0.2, -0.15) is 31.6 Å². The molecule has 0 N–H and O–H groups in total. The van der Waals surface area contributed by atoms with Gasteiger partial charge in [0.15, 0.2) is 0 Å². The quantitative estimate of drug-likeness (QED) is 0.320. The lowest BCUT2D eigenvalue weighted by atomic mass is 9.61. The third-order valence-electron chi connectivity index (χ3n) is 7.36. The highest BCUT2D eigenvalue weighted by atomic mass is 19.4. The van der Waals surface area contributed by atoms with Crippen molar-refractivity contribution in [1.29, 1.82) is 5.26 Å². The summed E-state index contributed by atoms with van der Waals surface area (Å²) in [5.74, 6) is -0.560. The molecule has 0 aliphatic heterocycles. The summed E-state index contributed by atoms with van der Waals surface area (Å²) in [5, 5.41) is 10.4. The molecule has 0 radical (unpaired) electrons. The molecule has 0 bridgehead atoms. The van der Waals surface area contributed by atoms with Gasteiger partial charge in [-0.3, -0.25) is 0 Å². The predicted molar refractivity (Wildman–Crippen MR) is 127 cm³/mol. The molecular formula is C28H32F6N2. The Labute approximate surface area is 208 Å². The van der Waals surface area contributed by atoms with Crippen LogP contribution in [0.4, 0.5) is 26.3 Å². The van der Waals surface area contributed by atoms with E-state index in [-0.39, 0.29) is 6.42 Å². The summed E-state index contributed by atoms with van der Waals surface area (Å²) >= 11 is 0. The summed E-state index contributed by atoms with van der Waals surface area (Å²) in [6.07, 6.45) is -5.81. The highest BCUT2D eigenvalue weighted by molar-refractivity contribution is 5.48. The molecule has 36 heavy (non-hydrogen) atoms.